The number of benzene rings is 5. The number of anilines is 3. The van der Waals surface area contributed by atoms with E-state index in [9.17, 15) is 19.5 Å². The maximum atomic E-state index is 15.3. The van der Waals surface area contributed by atoms with E-state index in [0.29, 0.717) is 52.7 Å². The van der Waals surface area contributed by atoms with E-state index in [1.807, 2.05) is 123 Å². The molecule has 290 valence electrons. The molecule has 5 aromatic carbocycles. The minimum Gasteiger partial charge on any atom is -0.454 e. The fourth-order valence-electron chi connectivity index (χ4n) is 9.72. The lowest BCUT2D eigenvalue weighted by Gasteiger charge is -2.37. The molecule has 57 heavy (non-hydrogen) atoms. The first-order valence-electron chi connectivity index (χ1n) is 19.6. The minimum absolute atomic E-state index is 0.0699. The van der Waals surface area contributed by atoms with E-state index in [-0.39, 0.29) is 37.3 Å². The van der Waals surface area contributed by atoms with Crippen LogP contribution in [0.15, 0.2) is 121 Å². The topological polar surface area (TPSA) is 120 Å². The summed E-state index contributed by atoms with van der Waals surface area (Å²) in [5.41, 5.74) is 3.66. The van der Waals surface area contributed by atoms with Crippen LogP contribution in [-0.2, 0) is 39.4 Å². The van der Waals surface area contributed by atoms with E-state index >= 15 is 4.79 Å². The highest BCUT2D eigenvalue weighted by molar-refractivity contribution is 6.71. The molecule has 0 aromatic heterocycles. The van der Waals surface area contributed by atoms with Gasteiger partial charge in [0.05, 0.1) is 48.7 Å². The molecule has 1 fully saturated rings. The zero-order chi connectivity index (χ0) is 39.6. The van der Waals surface area contributed by atoms with Gasteiger partial charge in [-0.2, -0.15) is 0 Å². The maximum absolute atomic E-state index is 15.3. The third kappa shape index (κ3) is 6.08. The van der Waals surface area contributed by atoms with Crippen molar-refractivity contribution in [2.24, 2.45) is 5.92 Å². The van der Waals surface area contributed by atoms with Crippen LogP contribution in [0.5, 0.6) is 11.5 Å². The molecule has 4 heterocycles. The predicted molar refractivity (Wildman–Crippen MR) is 219 cm³/mol. The molecule has 0 saturated carbocycles. The van der Waals surface area contributed by atoms with Crippen molar-refractivity contribution in [1.29, 1.82) is 0 Å². The number of ether oxygens (including phenoxy) is 2. The second-order valence-corrected chi connectivity index (χ2v) is 20.2. The van der Waals surface area contributed by atoms with Gasteiger partial charge in [0.1, 0.15) is 5.75 Å². The summed E-state index contributed by atoms with van der Waals surface area (Å²) in [5, 5.41) is 10.4. The molecule has 5 aromatic rings. The van der Waals surface area contributed by atoms with Crippen LogP contribution in [0.1, 0.15) is 46.0 Å². The number of amides is 3. The molecule has 10 nitrogen and oxygen atoms in total. The summed E-state index contributed by atoms with van der Waals surface area (Å²) in [7, 11) is -3.14. The van der Waals surface area contributed by atoms with Crippen LogP contribution in [-0.4, -0.2) is 59.6 Å². The lowest BCUT2D eigenvalue weighted by Crippen LogP contribution is -2.48. The largest absolute Gasteiger partial charge is 0.454 e. The van der Waals surface area contributed by atoms with Crippen molar-refractivity contribution in [3.05, 3.63) is 149 Å². The van der Waals surface area contributed by atoms with Crippen LogP contribution in [0, 0.1) is 5.92 Å². The van der Waals surface area contributed by atoms with E-state index in [2.05, 4.69) is 0 Å². The Morgan fingerprint density at radius 1 is 0.842 bits per heavy atom. The normalized spacial score (nSPS) is 23.8. The van der Waals surface area contributed by atoms with Crippen LogP contribution in [0.3, 0.4) is 0 Å². The summed E-state index contributed by atoms with van der Waals surface area (Å²) in [6.45, 7) is 6.06. The zero-order valence-electron chi connectivity index (χ0n) is 32.2. The molecule has 2 N–H and O–H groups in total. The second kappa shape index (κ2) is 14.1. The van der Waals surface area contributed by atoms with Gasteiger partial charge in [0.15, 0.2) is 19.7 Å². The number of carbonyl (C=O) groups is 3. The fourth-order valence-corrected chi connectivity index (χ4v) is 12.3. The SMILES string of the molecule is C[C@H]1[C@H]([Si](C)(C)O)[C@@H](CC(=O)N2Cc3ccccc3C[C@H]2CO)O[C@]12C(=O)N(Cc1ccccc1)c1ccc(N3C(=O)c4ccccc4Oc4ccccc43)cc12. The summed E-state index contributed by atoms with van der Waals surface area (Å²) in [6.07, 6.45) is -0.335. The molecule has 1 saturated heterocycles. The molecular weight excluding hydrogens is 735 g/mol. The number of hydrogen-bond acceptors (Lipinski definition) is 7. The van der Waals surface area contributed by atoms with Crippen LogP contribution in [0.4, 0.5) is 17.1 Å². The van der Waals surface area contributed by atoms with Crippen LogP contribution in [0.2, 0.25) is 18.6 Å². The van der Waals surface area contributed by atoms with E-state index in [1.54, 1.807) is 32.9 Å². The molecule has 5 atom stereocenters. The molecular formula is C46H45N3O7Si. The minimum atomic E-state index is -3.14. The van der Waals surface area contributed by atoms with E-state index < -0.39 is 37.5 Å². The van der Waals surface area contributed by atoms with Crippen LogP contribution < -0.4 is 14.5 Å². The number of para-hydroxylation sites is 3. The number of aliphatic hydroxyl groups excluding tert-OH is 1. The number of hydrogen-bond donors (Lipinski definition) is 2. The second-order valence-electron chi connectivity index (χ2n) is 16.2. The summed E-state index contributed by atoms with van der Waals surface area (Å²) < 4.78 is 13.4. The van der Waals surface area contributed by atoms with Crippen molar-refractivity contribution < 1.29 is 33.8 Å². The van der Waals surface area contributed by atoms with Crippen molar-refractivity contribution in [1.82, 2.24) is 4.90 Å². The summed E-state index contributed by atoms with van der Waals surface area (Å²) in [5.74, 6) is -0.365. The molecule has 9 rings (SSSR count). The first kappa shape index (κ1) is 37.0. The standard InChI is InChI=1S/C46H45N3O7Si/c1-29-43(57(2,3)54)41(25-42(51)47-27-32-16-8-7-15-31(32)23-34(47)28-50)56-46(29)36-24-33(21-22-37(36)48(45(46)53)26-30-13-5-4-6-14-30)49-38-18-10-12-20-40(38)55-39-19-11-9-17-35(39)44(49)52/h4-22,24,29,34,41,43,50,54H,23,25-28H2,1-3H3/t29-,34-,41+,43-,46+/m0/s1. The van der Waals surface area contributed by atoms with E-state index in [4.69, 9.17) is 9.47 Å². The molecule has 11 heteroatoms. The van der Waals surface area contributed by atoms with Gasteiger partial charge < -0.3 is 29.2 Å². The Bertz CT molecular complexity index is 2400. The first-order valence-corrected chi connectivity index (χ1v) is 22.6. The summed E-state index contributed by atoms with van der Waals surface area (Å²) >= 11 is 0. The van der Waals surface area contributed by atoms with Gasteiger partial charge in [-0.25, -0.2) is 0 Å². The first-order chi connectivity index (χ1) is 27.5. The lowest BCUT2D eigenvalue weighted by atomic mass is 9.82. The molecule has 4 aliphatic rings. The van der Waals surface area contributed by atoms with Crippen molar-refractivity contribution in [3.8, 4) is 11.5 Å². The number of aliphatic hydroxyl groups is 1. The highest BCUT2D eigenvalue weighted by Crippen LogP contribution is 2.60. The van der Waals surface area contributed by atoms with Gasteiger partial charge >= 0.3 is 0 Å². The summed E-state index contributed by atoms with van der Waals surface area (Å²) in [6, 6.07) is 37.4. The lowest BCUT2D eigenvalue weighted by molar-refractivity contribution is -0.151. The van der Waals surface area contributed by atoms with Gasteiger partial charge in [0, 0.05) is 29.3 Å². The monoisotopic (exact) mass is 779 g/mol. The van der Waals surface area contributed by atoms with Crippen molar-refractivity contribution in [2.45, 2.75) is 69.2 Å². The molecule has 4 aliphatic heterocycles. The third-order valence-electron chi connectivity index (χ3n) is 12.3. The Morgan fingerprint density at radius 3 is 2.28 bits per heavy atom. The maximum Gasteiger partial charge on any atom is 0.266 e. The number of fused-ring (bicyclic) bond motifs is 5. The van der Waals surface area contributed by atoms with Gasteiger partial charge in [0.2, 0.25) is 5.91 Å². The van der Waals surface area contributed by atoms with Gasteiger partial charge in [-0.3, -0.25) is 19.3 Å². The Labute approximate surface area is 333 Å². The molecule has 0 radical (unpaired) electrons. The van der Waals surface area contributed by atoms with Crippen molar-refractivity contribution in [2.75, 3.05) is 16.4 Å². The van der Waals surface area contributed by atoms with Gasteiger partial charge in [-0.05, 0) is 78.7 Å². The van der Waals surface area contributed by atoms with Crippen LogP contribution in [0.25, 0.3) is 0 Å². The molecule has 3 amide bonds. The Hall–Kier alpha value is -5.59. The van der Waals surface area contributed by atoms with Crippen molar-refractivity contribution in [3.63, 3.8) is 0 Å². The quantitative estimate of drug-likeness (QED) is 0.165. The molecule has 0 aliphatic carbocycles. The molecule has 0 unspecified atom stereocenters. The molecule has 1 spiro atoms. The van der Waals surface area contributed by atoms with E-state index in [1.165, 1.54) is 0 Å². The smallest absolute Gasteiger partial charge is 0.266 e. The van der Waals surface area contributed by atoms with Gasteiger partial charge in [-0.1, -0.05) is 85.8 Å². The van der Waals surface area contributed by atoms with Gasteiger partial charge in [-0.15, -0.1) is 0 Å². The van der Waals surface area contributed by atoms with Gasteiger partial charge in [0.25, 0.3) is 11.8 Å². The zero-order valence-corrected chi connectivity index (χ0v) is 33.2. The molecule has 0 bridgehead atoms. The average molecular weight is 780 g/mol. The number of carbonyl (C=O) groups excluding carboxylic acids is 3. The number of nitrogens with zero attached hydrogens (tertiary/aromatic N) is 3. The highest BCUT2D eigenvalue weighted by atomic mass is 28.4. The Kier molecular flexibility index (Phi) is 9.16. The third-order valence-corrected chi connectivity index (χ3v) is 14.8. The summed E-state index contributed by atoms with van der Waals surface area (Å²) in [4.78, 5) is 61.3. The average Bonchev–Trinajstić information content (AvgIpc) is 3.58. The predicted octanol–water partition coefficient (Wildman–Crippen LogP) is 7.45. The van der Waals surface area contributed by atoms with Crippen molar-refractivity contribution >= 4 is 43.1 Å². The Morgan fingerprint density at radius 2 is 1.53 bits per heavy atom. The number of rotatable bonds is 7. The van der Waals surface area contributed by atoms with Crippen LogP contribution >= 0.6 is 0 Å². The van der Waals surface area contributed by atoms with E-state index in [0.717, 1.165) is 16.7 Å². The highest BCUT2D eigenvalue weighted by Gasteiger charge is 2.66. The Balaban J connectivity index is 1.16. The fraction of sp³-hybridized carbons (Fsp3) is 0.283.